The van der Waals surface area contributed by atoms with Gasteiger partial charge >= 0.3 is 5.97 Å². The highest BCUT2D eigenvalue weighted by Gasteiger charge is 2.06. The topological polar surface area (TPSA) is 50.4 Å². The molecule has 0 fully saturated rings. The van der Waals surface area contributed by atoms with Crippen LogP contribution < -0.4 is 0 Å². The summed E-state index contributed by atoms with van der Waals surface area (Å²) in [5.74, 6) is -0.263. The quantitative estimate of drug-likeness (QED) is 0.737. The number of furan rings is 1. The molecule has 0 unspecified atom stereocenters. The van der Waals surface area contributed by atoms with Gasteiger partial charge in [-0.3, -0.25) is 0 Å². The smallest absolute Gasteiger partial charge is 0.371 e. The highest BCUT2D eigenvalue weighted by atomic mass is 35.5. The Labute approximate surface area is 74.3 Å². The molecular weight excluding hydrogens is 180 g/mol. The van der Waals surface area contributed by atoms with Gasteiger partial charge in [-0.1, -0.05) is 6.08 Å². The van der Waals surface area contributed by atoms with E-state index >= 15 is 0 Å². The highest BCUT2D eigenvalue weighted by Crippen LogP contribution is 2.09. The van der Waals surface area contributed by atoms with E-state index in [9.17, 15) is 4.79 Å². The maximum Gasteiger partial charge on any atom is 0.371 e. The van der Waals surface area contributed by atoms with Crippen LogP contribution >= 0.6 is 11.6 Å². The van der Waals surface area contributed by atoms with Gasteiger partial charge in [0, 0.05) is 5.88 Å². The monoisotopic (exact) mass is 186 g/mol. The molecule has 0 saturated carbocycles. The average Bonchev–Trinajstić information content (AvgIpc) is 2.48. The predicted molar refractivity (Wildman–Crippen MR) is 45.4 cm³/mol. The van der Waals surface area contributed by atoms with Gasteiger partial charge < -0.3 is 9.52 Å². The molecule has 12 heavy (non-hydrogen) atoms. The minimum absolute atomic E-state index is 0.0655. The Morgan fingerprint density at radius 2 is 2.42 bits per heavy atom. The number of hydrogen-bond donors (Lipinski definition) is 1. The lowest BCUT2D eigenvalue weighted by atomic mass is 10.4. The normalized spacial score (nSPS) is 10.8. The third kappa shape index (κ3) is 2.13. The summed E-state index contributed by atoms with van der Waals surface area (Å²) in [4.78, 5) is 10.3. The van der Waals surface area contributed by atoms with Crippen molar-refractivity contribution in [2.75, 3.05) is 5.88 Å². The molecule has 0 spiro atoms. The van der Waals surface area contributed by atoms with Gasteiger partial charge in [0.05, 0.1) is 0 Å². The first-order chi connectivity index (χ1) is 5.74. The summed E-state index contributed by atoms with van der Waals surface area (Å²) in [6.45, 7) is 0. The van der Waals surface area contributed by atoms with Crippen molar-refractivity contribution < 1.29 is 14.3 Å². The van der Waals surface area contributed by atoms with Gasteiger partial charge in [-0.25, -0.2) is 4.79 Å². The number of carboxylic acid groups (broad SMARTS) is 1. The van der Waals surface area contributed by atoms with Crippen molar-refractivity contribution in [1.29, 1.82) is 0 Å². The van der Waals surface area contributed by atoms with Crippen molar-refractivity contribution in [3.05, 3.63) is 29.7 Å². The number of carbonyl (C=O) groups is 1. The molecule has 0 atom stereocenters. The molecule has 0 bridgehead atoms. The number of halogens is 1. The van der Waals surface area contributed by atoms with E-state index in [1.807, 2.05) is 0 Å². The van der Waals surface area contributed by atoms with E-state index in [0.29, 0.717) is 11.6 Å². The first-order valence-electron chi connectivity index (χ1n) is 3.29. The van der Waals surface area contributed by atoms with Crippen LogP contribution in [-0.2, 0) is 0 Å². The number of rotatable bonds is 3. The maximum absolute atomic E-state index is 10.3. The SMILES string of the molecule is O=C(O)c1ccc(C=CCCl)o1. The molecule has 0 aliphatic rings. The largest absolute Gasteiger partial charge is 0.475 e. The fourth-order valence-electron chi connectivity index (χ4n) is 0.718. The number of aromatic carboxylic acids is 1. The highest BCUT2D eigenvalue weighted by molar-refractivity contribution is 6.19. The van der Waals surface area contributed by atoms with E-state index in [0.717, 1.165) is 0 Å². The Hall–Kier alpha value is -1.22. The van der Waals surface area contributed by atoms with E-state index in [1.54, 1.807) is 18.2 Å². The minimum atomic E-state index is -1.07. The molecule has 0 aliphatic heterocycles. The fraction of sp³-hybridized carbons (Fsp3) is 0.125. The molecular formula is C8H7ClO3. The van der Waals surface area contributed by atoms with Crippen molar-refractivity contribution in [2.45, 2.75) is 0 Å². The van der Waals surface area contributed by atoms with E-state index in [-0.39, 0.29) is 5.76 Å². The van der Waals surface area contributed by atoms with Gasteiger partial charge in [0.25, 0.3) is 0 Å². The van der Waals surface area contributed by atoms with E-state index in [1.165, 1.54) is 6.07 Å². The number of carboxylic acids is 1. The van der Waals surface area contributed by atoms with E-state index in [4.69, 9.17) is 21.1 Å². The van der Waals surface area contributed by atoms with E-state index < -0.39 is 5.97 Å². The molecule has 3 nitrogen and oxygen atoms in total. The number of hydrogen-bond acceptors (Lipinski definition) is 2. The lowest BCUT2D eigenvalue weighted by molar-refractivity contribution is 0.0662. The molecule has 1 aromatic rings. The molecule has 1 N–H and O–H groups in total. The summed E-state index contributed by atoms with van der Waals surface area (Å²) in [5, 5.41) is 8.48. The van der Waals surface area contributed by atoms with Gasteiger partial charge in [-0.05, 0) is 18.2 Å². The van der Waals surface area contributed by atoms with Crippen LogP contribution in [0, 0.1) is 0 Å². The summed E-state index contributed by atoms with van der Waals surface area (Å²) >= 11 is 5.38. The second kappa shape index (κ2) is 3.97. The first-order valence-corrected chi connectivity index (χ1v) is 3.83. The van der Waals surface area contributed by atoms with Crippen LogP contribution in [0.3, 0.4) is 0 Å². The van der Waals surface area contributed by atoms with Crippen LogP contribution in [0.25, 0.3) is 6.08 Å². The molecule has 1 heterocycles. The fourth-order valence-corrected chi connectivity index (χ4v) is 0.807. The van der Waals surface area contributed by atoms with Gasteiger partial charge in [-0.15, -0.1) is 11.6 Å². The number of allylic oxidation sites excluding steroid dienone is 1. The van der Waals surface area contributed by atoms with Gasteiger partial charge in [0.15, 0.2) is 0 Å². The average molecular weight is 187 g/mol. The summed E-state index contributed by atoms with van der Waals surface area (Å²) in [5.41, 5.74) is 0. The van der Waals surface area contributed by atoms with Crippen LogP contribution in [0.4, 0.5) is 0 Å². The molecule has 64 valence electrons. The lowest BCUT2D eigenvalue weighted by Crippen LogP contribution is -1.91. The molecule has 1 rings (SSSR count). The van der Waals surface area contributed by atoms with Crippen LogP contribution in [0.2, 0.25) is 0 Å². The molecule has 0 saturated heterocycles. The zero-order valence-electron chi connectivity index (χ0n) is 6.16. The zero-order valence-corrected chi connectivity index (χ0v) is 6.91. The molecule has 4 heteroatoms. The van der Waals surface area contributed by atoms with Crippen LogP contribution in [0.1, 0.15) is 16.3 Å². The summed E-state index contributed by atoms with van der Waals surface area (Å²) in [7, 11) is 0. The third-order valence-corrected chi connectivity index (χ3v) is 1.39. The Bertz CT molecular complexity index is 301. The third-order valence-electron chi connectivity index (χ3n) is 1.21. The molecule has 1 aromatic heterocycles. The minimum Gasteiger partial charge on any atom is -0.475 e. The molecule has 0 amide bonds. The molecule has 0 aliphatic carbocycles. The maximum atomic E-state index is 10.3. The van der Waals surface area contributed by atoms with Gasteiger partial charge in [-0.2, -0.15) is 0 Å². The van der Waals surface area contributed by atoms with Crippen LogP contribution in [-0.4, -0.2) is 17.0 Å². The van der Waals surface area contributed by atoms with Crippen molar-refractivity contribution in [2.24, 2.45) is 0 Å². The predicted octanol–water partition coefficient (Wildman–Crippen LogP) is 2.23. The first kappa shape index (κ1) is 8.87. The standard InChI is InChI=1S/C8H7ClO3/c9-5-1-2-6-3-4-7(12-6)8(10)11/h1-4H,5H2,(H,10,11). The van der Waals surface area contributed by atoms with Crippen molar-refractivity contribution in [1.82, 2.24) is 0 Å². The van der Waals surface area contributed by atoms with Gasteiger partial charge in [0.2, 0.25) is 5.76 Å². The molecule has 0 radical (unpaired) electrons. The summed E-state index contributed by atoms with van der Waals surface area (Å²) < 4.78 is 4.90. The molecule has 0 aromatic carbocycles. The Morgan fingerprint density at radius 3 is 2.92 bits per heavy atom. The Balaban J connectivity index is 2.77. The zero-order chi connectivity index (χ0) is 8.97. The summed E-state index contributed by atoms with van der Waals surface area (Å²) in [6, 6.07) is 2.97. The Morgan fingerprint density at radius 1 is 1.67 bits per heavy atom. The van der Waals surface area contributed by atoms with E-state index in [2.05, 4.69) is 0 Å². The Kier molecular flexibility index (Phi) is 2.94. The summed E-state index contributed by atoms with van der Waals surface area (Å²) in [6.07, 6.45) is 3.30. The second-order valence-corrected chi connectivity index (χ2v) is 2.37. The van der Waals surface area contributed by atoms with Crippen molar-refractivity contribution >= 4 is 23.6 Å². The number of alkyl halides is 1. The second-order valence-electron chi connectivity index (χ2n) is 2.06. The van der Waals surface area contributed by atoms with Gasteiger partial charge in [0.1, 0.15) is 5.76 Å². The lowest BCUT2D eigenvalue weighted by Gasteiger charge is -1.84. The van der Waals surface area contributed by atoms with Crippen molar-refractivity contribution in [3.8, 4) is 0 Å². The van der Waals surface area contributed by atoms with Crippen LogP contribution in [0.15, 0.2) is 22.6 Å². The van der Waals surface area contributed by atoms with Crippen molar-refractivity contribution in [3.63, 3.8) is 0 Å². The van der Waals surface area contributed by atoms with Crippen LogP contribution in [0.5, 0.6) is 0 Å².